The van der Waals surface area contributed by atoms with E-state index in [2.05, 4.69) is 26.6 Å². The maximum Gasteiger partial charge on any atom is 0.262 e. The summed E-state index contributed by atoms with van der Waals surface area (Å²) in [6.45, 7) is -0.0845. The van der Waals surface area contributed by atoms with Gasteiger partial charge in [-0.15, -0.1) is 0 Å². The molecule has 22 heavy (non-hydrogen) atoms. The van der Waals surface area contributed by atoms with Gasteiger partial charge in [-0.05, 0) is 48.5 Å². The molecule has 0 aliphatic carbocycles. The third-order valence-electron chi connectivity index (χ3n) is 2.84. The summed E-state index contributed by atoms with van der Waals surface area (Å²) >= 11 is 3.33. The van der Waals surface area contributed by atoms with Crippen molar-refractivity contribution in [2.75, 3.05) is 19.0 Å². The van der Waals surface area contributed by atoms with E-state index in [0.717, 1.165) is 4.47 Å². The van der Waals surface area contributed by atoms with Gasteiger partial charge in [-0.1, -0.05) is 15.9 Å². The van der Waals surface area contributed by atoms with Crippen LogP contribution in [0.5, 0.6) is 5.75 Å². The van der Waals surface area contributed by atoms with Crippen LogP contribution in [0.2, 0.25) is 0 Å². The first-order chi connectivity index (χ1) is 10.6. The fraction of sp³-hybridized carbons (Fsp3) is 0.125. The molecule has 5 nitrogen and oxygen atoms in total. The summed E-state index contributed by atoms with van der Waals surface area (Å²) in [6, 6.07) is 13.8. The van der Waals surface area contributed by atoms with Gasteiger partial charge >= 0.3 is 0 Å². The molecule has 2 N–H and O–H groups in total. The topological polar surface area (TPSA) is 67.4 Å². The molecule has 0 aliphatic heterocycles. The second-order valence-electron chi connectivity index (χ2n) is 4.45. The summed E-state index contributed by atoms with van der Waals surface area (Å²) in [6.07, 6.45) is 0. The van der Waals surface area contributed by atoms with E-state index >= 15 is 0 Å². The van der Waals surface area contributed by atoms with Crippen LogP contribution >= 0.6 is 15.9 Å². The van der Waals surface area contributed by atoms with Gasteiger partial charge in [0, 0.05) is 22.8 Å². The molecule has 0 spiro atoms. The minimum Gasteiger partial charge on any atom is -0.484 e. The van der Waals surface area contributed by atoms with Crippen molar-refractivity contribution in [3.05, 3.63) is 58.6 Å². The Kier molecular flexibility index (Phi) is 5.55. The third-order valence-corrected chi connectivity index (χ3v) is 3.37. The Morgan fingerprint density at radius 2 is 1.68 bits per heavy atom. The summed E-state index contributed by atoms with van der Waals surface area (Å²) in [5, 5.41) is 5.24. The van der Waals surface area contributed by atoms with Crippen molar-refractivity contribution in [1.29, 1.82) is 0 Å². The average molecular weight is 363 g/mol. The van der Waals surface area contributed by atoms with Crippen molar-refractivity contribution in [3.8, 4) is 5.75 Å². The average Bonchev–Trinajstić information content (AvgIpc) is 2.54. The molecule has 2 aromatic carbocycles. The third kappa shape index (κ3) is 4.60. The van der Waals surface area contributed by atoms with Crippen molar-refractivity contribution >= 4 is 33.4 Å². The maximum atomic E-state index is 11.8. The van der Waals surface area contributed by atoms with Crippen LogP contribution in [0, 0.1) is 0 Å². The highest BCUT2D eigenvalue weighted by atomic mass is 79.9. The second kappa shape index (κ2) is 7.61. The zero-order valence-corrected chi connectivity index (χ0v) is 13.5. The number of halogens is 1. The highest BCUT2D eigenvalue weighted by molar-refractivity contribution is 9.10. The Labute approximate surface area is 136 Å². The van der Waals surface area contributed by atoms with Crippen molar-refractivity contribution in [3.63, 3.8) is 0 Å². The number of carbonyl (C=O) groups is 2. The molecule has 0 unspecified atom stereocenters. The Morgan fingerprint density at radius 1 is 1.05 bits per heavy atom. The predicted octanol–water partition coefficient (Wildman–Crippen LogP) is 2.83. The molecule has 0 aliphatic rings. The van der Waals surface area contributed by atoms with E-state index in [-0.39, 0.29) is 18.4 Å². The number of benzene rings is 2. The smallest absolute Gasteiger partial charge is 0.262 e. The number of carbonyl (C=O) groups excluding carboxylic acids is 2. The van der Waals surface area contributed by atoms with Gasteiger partial charge in [-0.3, -0.25) is 9.59 Å². The summed E-state index contributed by atoms with van der Waals surface area (Å²) in [5.41, 5.74) is 1.14. The van der Waals surface area contributed by atoms with Crippen molar-refractivity contribution in [2.45, 2.75) is 0 Å². The molecule has 0 fully saturated rings. The van der Waals surface area contributed by atoms with Crippen LogP contribution in [0.1, 0.15) is 10.4 Å². The number of hydrogen-bond donors (Lipinski definition) is 2. The van der Waals surface area contributed by atoms with E-state index in [1.807, 2.05) is 12.1 Å². The number of amides is 2. The first-order valence-corrected chi connectivity index (χ1v) is 7.38. The van der Waals surface area contributed by atoms with E-state index in [1.165, 1.54) is 0 Å². The molecule has 0 saturated heterocycles. The van der Waals surface area contributed by atoms with Gasteiger partial charge in [0.05, 0.1) is 0 Å². The Hall–Kier alpha value is -2.34. The molecule has 0 saturated carbocycles. The van der Waals surface area contributed by atoms with Gasteiger partial charge in [-0.25, -0.2) is 0 Å². The van der Waals surface area contributed by atoms with E-state index in [0.29, 0.717) is 17.0 Å². The SMILES string of the molecule is CNC(=O)c1ccc(NC(=O)COc2ccc(Br)cc2)cc1. The summed E-state index contributed by atoms with van der Waals surface area (Å²) in [7, 11) is 1.57. The number of hydrogen-bond acceptors (Lipinski definition) is 3. The monoisotopic (exact) mass is 362 g/mol. The Bertz CT molecular complexity index is 654. The lowest BCUT2D eigenvalue weighted by molar-refractivity contribution is -0.118. The number of anilines is 1. The van der Waals surface area contributed by atoms with Gasteiger partial charge in [0.2, 0.25) is 0 Å². The molecule has 0 heterocycles. The summed E-state index contributed by atoms with van der Waals surface area (Å²) in [4.78, 5) is 23.2. The van der Waals surface area contributed by atoms with E-state index < -0.39 is 0 Å². The largest absolute Gasteiger partial charge is 0.484 e. The Morgan fingerprint density at radius 3 is 2.27 bits per heavy atom. The maximum absolute atomic E-state index is 11.8. The van der Waals surface area contributed by atoms with Crippen LogP contribution < -0.4 is 15.4 Å². The lowest BCUT2D eigenvalue weighted by Gasteiger charge is -2.08. The molecule has 114 valence electrons. The van der Waals surface area contributed by atoms with Gasteiger partial charge in [-0.2, -0.15) is 0 Å². The van der Waals surface area contributed by atoms with Crippen molar-refractivity contribution < 1.29 is 14.3 Å². The normalized spacial score (nSPS) is 9.91. The highest BCUT2D eigenvalue weighted by Gasteiger charge is 2.06. The van der Waals surface area contributed by atoms with Crippen molar-refractivity contribution in [2.24, 2.45) is 0 Å². The summed E-state index contributed by atoms with van der Waals surface area (Å²) < 4.78 is 6.32. The van der Waals surface area contributed by atoms with Gasteiger partial charge < -0.3 is 15.4 Å². The number of nitrogens with one attached hydrogen (secondary N) is 2. The number of rotatable bonds is 5. The minimum atomic E-state index is -0.268. The van der Waals surface area contributed by atoms with E-state index in [1.54, 1.807) is 43.4 Å². The van der Waals surface area contributed by atoms with E-state index in [4.69, 9.17) is 4.74 Å². The molecular formula is C16H15BrN2O3. The molecule has 0 bridgehead atoms. The lowest BCUT2D eigenvalue weighted by Crippen LogP contribution is -2.20. The lowest BCUT2D eigenvalue weighted by atomic mass is 10.2. The second-order valence-corrected chi connectivity index (χ2v) is 5.36. The highest BCUT2D eigenvalue weighted by Crippen LogP contribution is 2.16. The Balaban J connectivity index is 1.86. The fourth-order valence-corrected chi connectivity index (χ4v) is 1.99. The molecule has 2 amide bonds. The van der Waals surface area contributed by atoms with Crippen LogP contribution in [0.3, 0.4) is 0 Å². The molecule has 0 aromatic heterocycles. The molecule has 0 radical (unpaired) electrons. The zero-order valence-electron chi connectivity index (χ0n) is 11.9. The first-order valence-electron chi connectivity index (χ1n) is 6.59. The molecule has 0 atom stereocenters. The molecule has 2 rings (SSSR count). The fourth-order valence-electron chi connectivity index (χ4n) is 1.73. The van der Waals surface area contributed by atoms with Gasteiger partial charge in [0.1, 0.15) is 5.75 Å². The molecule has 2 aromatic rings. The first kappa shape index (κ1) is 16.0. The van der Waals surface area contributed by atoms with Crippen LogP contribution in [0.15, 0.2) is 53.0 Å². The standard InChI is InChI=1S/C16H15BrN2O3/c1-18-16(21)11-2-6-13(7-3-11)19-15(20)10-22-14-8-4-12(17)5-9-14/h2-9H,10H2,1H3,(H,18,21)(H,19,20). The van der Waals surface area contributed by atoms with Crippen LogP contribution in [0.4, 0.5) is 5.69 Å². The van der Waals surface area contributed by atoms with Gasteiger partial charge in [0.25, 0.3) is 11.8 Å². The van der Waals surface area contributed by atoms with Crippen LogP contribution in [0.25, 0.3) is 0 Å². The predicted molar refractivity (Wildman–Crippen MR) is 88.1 cm³/mol. The van der Waals surface area contributed by atoms with Crippen LogP contribution in [-0.2, 0) is 4.79 Å². The van der Waals surface area contributed by atoms with E-state index in [9.17, 15) is 9.59 Å². The van der Waals surface area contributed by atoms with Crippen LogP contribution in [-0.4, -0.2) is 25.5 Å². The molecule has 6 heteroatoms. The minimum absolute atomic E-state index is 0.0845. The summed E-state index contributed by atoms with van der Waals surface area (Å²) in [5.74, 6) is 0.181. The van der Waals surface area contributed by atoms with Crippen molar-refractivity contribution in [1.82, 2.24) is 5.32 Å². The van der Waals surface area contributed by atoms with Gasteiger partial charge in [0.15, 0.2) is 6.61 Å². The number of ether oxygens (including phenoxy) is 1. The zero-order chi connectivity index (χ0) is 15.9. The quantitative estimate of drug-likeness (QED) is 0.859. The molecular weight excluding hydrogens is 348 g/mol.